The number of esters is 3. The molecule has 0 bridgehead atoms. The van der Waals surface area contributed by atoms with Gasteiger partial charge in [-0.2, -0.15) is 0 Å². The van der Waals surface area contributed by atoms with E-state index in [1.807, 2.05) is 0 Å². The van der Waals surface area contributed by atoms with Crippen molar-refractivity contribution in [1.82, 2.24) is 24.5 Å². The van der Waals surface area contributed by atoms with Crippen LogP contribution in [0.2, 0.25) is 0 Å². The molecule has 0 aromatic heterocycles. The van der Waals surface area contributed by atoms with Crippen LogP contribution in [0.5, 0.6) is 0 Å². The maximum Gasteiger partial charge on any atom is 0.333 e. The first-order valence-electron chi connectivity index (χ1n) is 20.9. The third kappa shape index (κ3) is 10.6. The van der Waals surface area contributed by atoms with Gasteiger partial charge in [0.15, 0.2) is 0 Å². The summed E-state index contributed by atoms with van der Waals surface area (Å²) in [5, 5.41) is 0. The van der Waals surface area contributed by atoms with Crippen LogP contribution in [0.1, 0.15) is 147 Å². The van der Waals surface area contributed by atoms with Crippen molar-refractivity contribution in [2.75, 3.05) is 34.2 Å². The van der Waals surface area contributed by atoms with Crippen LogP contribution >= 0.6 is 0 Å². The smallest absolute Gasteiger partial charge is 0.333 e. The van der Waals surface area contributed by atoms with Gasteiger partial charge >= 0.3 is 23.9 Å². The highest BCUT2D eigenvalue weighted by Crippen LogP contribution is 2.41. The number of likely N-dealkylation sites (tertiary alicyclic amines) is 3. The molecule has 0 atom stereocenters. The molecule has 0 saturated carbocycles. The average molecular weight is 804 g/mol. The minimum Gasteiger partial charge on any atom is -0.462 e. The number of hydrogen-bond donors (Lipinski definition) is 0. The van der Waals surface area contributed by atoms with Gasteiger partial charge in [-0.15, -0.1) is 0 Å². The second kappa shape index (κ2) is 16.5. The van der Waals surface area contributed by atoms with E-state index in [1.54, 1.807) is 0 Å². The fraction of sp³-hybridized carbons (Fsp3) is 0.860. The topological polar surface area (TPSA) is 146 Å². The van der Waals surface area contributed by atoms with Crippen molar-refractivity contribution in [3.63, 3.8) is 0 Å². The molecule has 4 aliphatic rings. The number of hydrogen-bond acceptors (Lipinski definition) is 12. The number of imide groups is 2. The van der Waals surface area contributed by atoms with Gasteiger partial charge in [0, 0.05) is 91.3 Å². The fourth-order valence-electron chi connectivity index (χ4n) is 9.97. The van der Waals surface area contributed by atoms with E-state index in [4.69, 9.17) is 14.2 Å². The minimum absolute atomic E-state index is 0.190. The summed E-state index contributed by atoms with van der Waals surface area (Å²) in [6, 6.07) is -0.914. The predicted molar refractivity (Wildman–Crippen MR) is 216 cm³/mol. The van der Waals surface area contributed by atoms with Gasteiger partial charge in [0.1, 0.15) is 24.2 Å². The number of amides is 4. The number of piperidine rings is 3. The SMILES string of the molecule is CN1C(C)(C)CC(OC(=O)CCC2C(=O)N(CCC(=O)OC3CC(C)(C)N(C)C(C)(C)C3)C(=O)N(CCC(=O)OC3CC(C)(C)N(C)C(C)(C)C3)C2=O)CC1(C)C. The lowest BCUT2D eigenvalue weighted by atomic mass is 9.78. The van der Waals surface area contributed by atoms with Gasteiger partial charge in [-0.3, -0.25) is 48.5 Å². The molecule has 14 heteroatoms. The number of ether oxygens (including phenoxy) is 3. The van der Waals surface area contributed by atoms with Gasteiger partial charge in [-0.25, -0.2) is 4.79 Å². The number of urea groups is 1. The summed E-state index contributed by atoms with van der Waals surface area (Å²) in [6.45, 7) is 24.6. The summed E-state index contributed by atoms with van der Waals surface area (Å²) in [7, 11) is 6.17. The predicted octanol–water partition coefficient (Wildman–Crippen LogP) is 5.54. The first-order valence-corrected chi connectivity index (χ1v) is 20.9. The molecule has 4 fully saturated rings. The van der Waals surface area contributed by atoms with E-state index in [1.165, 1.54) is 0 Å². The highest BCUT2D eigenvalue weighted by Gasteiger charge is 2.49. The summed E-state index contributed by atoms with van der Waals surface area (Å²) in [4.78, 5) is 90.0. The van der Waals surface area contributed by atoms with Crippen LogP contribution in [0, 0.1) is 5.92 Å². The summed E-state index contributed by atoms with van der Waals surface area (Å²) >= 11 is 0. The van der Waals surface area contributed by atoms with Crippen LogP contribution in [-0.2, 0) is 38.2 Å². The van der Waals surface area contributed by atoms with Crippen molar-refractivity contribution in [2.45, 2.75) is 199 Å². The molecule has 4 aliphatic heterocycles. The summed E-state index contributed by atoms with van der Waals surface area (Å²) in [5.74, 6) is -4.61. The zero-order chi connectivity index (χ0) is 43.3. The molecule has 4 heterocycles. The third-order valence-electron chi connectivity index (χ3n) is 14.0. The quantitative estimate of drug-likeness (QED) is 0.139. The third-order valence-corrected chi connectivity index (χ3v) is 14.0. The van der Waals surface area contributed by atoms with Gasteiger partial charge in [-0.1, -0.05) is 0 Å². The highest BCUT2D eigenvalue weighted by atomic mass is 16.6. The first kappa shape index (κ1) is 46.6. The van der Waals surface area contributed by atoms with Crippen LogP contribution in [0.25, 0.3) is 0 Å². The maximum atomic E-state index is 13.9. The summed E-state index contributed by atoms with van der Waals surface area (Å²) in [5.41, 5.74) is -1.32. The molecule has 4 amide bonds. The Morgan fingerprint density at radius 2 is 0.719 bits per heavy atom. The van der Waals surface area contributed by atoms with E-state index in [-0.39, 0.29) is 90.3 Å². The fourth-order valence-corrected chi connectivity index (χ4v) is 9.97. The Morgan fingerprint density at radius 3 is 0.982 bits per heavy atom. The molecule has 0 radical (unpaired) electrons. The standard InChI is InChI=1S/C43H73N5O9/c1-38(2)22-28(23-39(3,4)44(38)13)55-32(49)17-16-31-35(52)47(20-18-33(50)56-29-24-40(5,6)45(14)41(7,8)25-29)37(54)48(36(31)53)21-19-34(51)57-30-26-42(9,10)46(15)43(11,12)27-30/h28-31H,16-27H2,1-15H3. The summed E-state index contributed by atoms with van der Waals surface area (Å²) < 4.78 is 17.7. The molecule has 0 aromatic carbocycles. The summed E-state index contributed by atoms with van der Waals surface area (Å²) in [6.07, 6.45) is 1.74. The zero-order valence-corrected chi connectivity index (χ0v) is 37.7. The lowest BCUT2D eigenvalue weighted by molar-refractivity contribution is -0.160. The highest BCUT2D eigenvalue weighted by molar-refractivity contribution is 6.16. The van der Waals surface area contributed by atoms with Gasteiger partial charge < -0.3 is 14.2 Å². The minimum atomic E-state index is -1.38. The molecule has 4 saturated heterocycles. The lowest BCUT2D eigenvalue weighted by Crippen LogP contribution is -2.61. The molecule has 0 unspecified atom stereocenters. The van der Waals surface area contributed by atoms with Crippen molar-refractivity contribution < 1.29 is 43.0 Å². The van der Waals surface area contributed by atoms with Crippen LogP contribution in [0.15, 0.2) is 0 Å². The molecule has 324 valence electrons. The molecule has 0 spiro atoms. The van der Waals surface area contributed by atoms with Crippen molar-refractivity contribution in [3.8, 4) is 0 Å². The van der Waals surface area contributed by atoms with Gasteiger partial charge in [-0.05, 0) is 111 Å². The monoisotopic (exact) mass is 804 g/mol. The van der Waals surface area contributed by atoms with Crippen molar-refractivity contribution in [3.05, 3.63) is 0 Å². The van der Waals surface area contributed by atoms with Crippen molar-refractivity contribution in [1.29, 1.82) is 0 Å². The lowest BCUT2D eigenvalue weighted by Gasteiger charge is -2.53. The number of carbonyl (C=O) groups is 6. The normalized spacial score (nSPS) is 26.1. The Hall–Kier alpha value is -3.10. The van der Waals surface area contributed by atoms with E-state index >= 15 is 0 Å². The van der Waals surface area contributed by atoms with E-state index in [2.05, 4.69) is 119 Å². The van der Waals surface area contributed by atoms with Gasteiger partial charge in [0.05, 0.1) is 12.8 Å². The average Bonchev–Trinajstić information content (AvgIpc) is 3.03. The maximum absolute atomic E-state index is 13.9. The molecule has 57 heavy (non-hydrogen) atoms. The van der Waals surface area contributed by atoms with E-state index < -0.39 is 41.7 Å². The molecular weight excluding hydrogens is 730 g/mol. The second-order valence-corrected chi connectivity index (χ2v) is 21.0. The van der Waals surface area contributed by atoms with E-state index in [0.717, 1.165) is 9.80 Å². The largest absolute Gasteiger partial charge is 0.462 e. The Labute approximate surface area is 341 Å². The van der Waals surface area contributed by atoms with Gasteiger partial charge in [0.2, 0.25) is 11.8 Å². The molecule has 0 N–H and O–H groups in total. The second-order valence-electron chi connectivity index (χ2n) is 21.0. The van der Waals surface area contributed by atoms with Crippen LogP contribution < -0.4 is 0 Å². The van der Waals surface area contributed by atoms with E-state index in [0.29, 0.717) is 38.5 Å². The molecule has 0 aliphatic carbocycles. The molecule has 4 rings (SSSR count). The molecule has 0 aromatic rings. The van der Waals surface area contributed by atoms with Crippen LogP contribution in [-0.4, -0.2) is 146 Å². The first-order chi connectivity index (χ1) is 25.9. The number of carbonyl (C=O) groups excluding carboxylic acids is 6. The Morgan fingerprint density at radius 1 is 0.474 bits per heavy atom. The Bertz CT molecular complexity index is 1320. The van der Waals surface area contributed by atoms with E-state index in [9.17, 15) is 28.8 Å². The Balaban J connectivity index is 1.45. The van der Waals surface area contributed by atoms with Gasteiger partial charge in [0.25, 0.3) is 0 Å². The molecular formula is C43H73N5O9. The van der Waals surface area contributed by atoms with Crippen molar-refractivity contribution in [2.24, 2.45) is 5.92 Å². The van der Waals surface area contributed by atoms with Crippen LogP contribution in [0.3, 0.4) is 0 Å². The number of barbiturate groups is 1. The number of rotatable bonds is 12. The van der Waals surface area contributed by atoms with Crippen LogP contribution in [0.4, 0.5) is 4.79 Å². The Kier molecular flexibility index (Phi) is 13.5. The number of nitrogens with zero attached hydrogens (tertiary/aromatic N) is 5. The van der Waals surface area contributed by atoms with Crippen molar-refractivity contribution >= 4 is 35.8 Å². The molecule has 14 nitrogen and oxygen atoms in total. The zero-order valence-electron chi connectivity index (χ0n) is 37.7.